The SMILES string of the molecule is Cc1cccc(-n2c(C)c(C)c3c2ncn2nc(-c4ccncc4)nc32)n1. The zero-order valence-corrected chi connectivity index (χ0v) is 15.2. The summed E-state index contributed by atoms with van der Waals surface area (Å²) in [5, 5.41) is 5.58. The van der Waals surface area contributed by atoms with E-state index in [-0.39, 0.29) is 0 Å². The van der Waals surface area contributed by atoms with Crippen LogP contribution in [0.2, 0.25) is 0 Å². The molecule has 0 aliphatic carbocycles. The van der Waals surface area contributed by atoms with Gasteiger partial charge in [0.05, 0.1) is 5.39 Å². The summed E-state index contributed by atoms with van der Waals surface area (Å²) in [6.45, 7) is 6.16. The summed E-state index contributed by atoms with van der Waals surface area (Å²) in [7, 11) is 0. The molecule has 132 valence electrons. The molecule has 0 aliphatic heterocycles. The summed E-state index contributed by atoms with van der Waals surface area (Å²) in [4.78, 5) is 18.2. The summed E-state index contributed by atoms with van der Waals surface area (Å²) in [5.41, 5.74) is 5.74. The number of hydrogen-bond donors (Lipinski definition) is 0. The van der Waals surface area contributed by atoms with Gasteiger partial charge in [-0.25, -0.2) is 19.5 Å². The molecule has 5 heterocycles. The molecule has 5 rings (SSSR count). The van der Waals surface area contributed by atoms with E-state index in [1.807, 2.05) is 37.3 Å². The molecule has 7 nitrogen and oxygen atoms in total. The molecule has 0 saturated carbocycles. The van der Waals surface area contributed by atoms with Crippen molar-refractivity contribution in [2.24, 2.45) is 0 Å². The predicted molar refractivity (Wildman–Crippen MR) is 103 cm³/mol. The second-order valence-corrected chi connectivity index (χ2v) is 6.57. The number of rotatable bonds is 2. The fourth-order valence-corrected chi connectivity index (χ4v) is 3.42. The van der Waals surface area contributed by atoms with Crippen LogP contribution in [0.25, 0.3) is 33.9 Å². The van der Waals surface area contributed by atoms with Gasteiger partial charge in [-0.05, 0) is 50.6 Å². The van der Waals surface area contributed by atoms with Crippen molar-refractivity contribution in [1.82, 2.24) is 34.1 Å². The van der Waals surface area contributed by atoms with Crippen molar-refractivity contribution in [3.8, 4) is 17.2 Å². The van der Waals surface area contributed by atoms with Gasteiger partial charge in [-0.2, -0.15) is 0 Å². The molecule has 0 radical (unpaired) electrons. The van der Waals surface area contributed by atoms with E-state index in [1.54, 1.807) is 23.2 Å². The van der Waals surface area contributed by atoms with E-state index in [2.05, 4.69) is 38.5 Å². The van der Waals surface area contributed by atoms with E-state index < -0.39 is 0 Å². The monoisotopic (exact) mass is 355 g/mol. The van der Waals surface area contributed by atoms with Crippen molar-refractivity contribution < 1.29 is 0 Å². The molecule has 0 spiro atoms. The third-order valence-corrected chi connectivity index (χ3v) is 4.87. The molecule has 0 aliphatic rings. The van der Waals surface area contributed by atoms with Crippen molar-refractivity contribution in [1.29, 1.82) is 0 Å². The lowest BCUT2D eigenvalue weighted by molar-refractivity contribution is 0.916. The molecule has 0 saturated heterocycles. The average molecular weight is 355 g/mol. The van der Waals surface area contributed by atoms with Gasteiger partial charge in [-0.15, -0.1) is 5.10 Å². The Morgan fingerprint density at radius 1 is 0.889 bits per heavy atom. The van der Waals surface area contributed by atoms with Gasteiger partial charge in [0, 0.05) is 29.3 Å². The summed E-state index contributed by atoms with van der Waals surface area (Å²) < 4.78 is 3.82. The summed E-state index contributed by atoms with van der Waals surface area (Å²) in [6, 6.07) is 9.80. The Bertz CT molecular complexity index is 1300. The smallest absolute Gasteiger partial charge is 0.182 e. The highest BCUT2D eigenvalue weighted by Crippen LogP contribution is 2.30. The van der Waals surface area contributed by atoms with Gasteiger partial charge < -0.3 is 0 Å². The van der Waals surface area contributed by atoms with Crippen LogP contribution in [0, 0.1) is 20.8 Å². The first-order valence-corrected chi connectivity index (χ1v) is 8.71. The number of nitrogens with zero attached hydrogens (tertiary/aromatic N) is 7. The first kappa shape index (κ1) is 15.6. The van der Waals surface area contributed by atoms with Crippen LogP contribution in [0.15, 0.2) is 49.1 Å². The molecule has 5 aromatic heterocycles. The number of hydrogen-bond acceptors (Lipinski definition) is 5. The number of aryl methyl sites for hydroxylation is 2. The first-order valence-electron chi connectivity index (χ1n) is 8.71. The van der Waals surface area contributed by atoms with Crippen LogP contribution in [0.3, 0.4) is 0 Å². The third kappa shape index (κ3) is 2.32. The van der Waals surface area contributed by atoms with Gasteiger partial charge in [0.15, 0.2) is 17.1 Å². The Hall–Kier alpha value is -3.61. The van der Waals surface area contributed by atoms with Crippen molar-refractivity contribution in [3.05, 3.63) is 66.0 Å². The fraction of sp³-hybridized carbons (Fsp3) is 0.150. The van der Waals surface area contributed by atoms with Crippen LogP contribution in [0.1, 0.15) is 17.0 Å². The van der Waals surface area contributed by atoms with Gasteiger partial charge in [0.2, 0.25) is 0 Å². The van der Waals surface area contributed by atoms with Gasteiger partial charge >= 0.3 is 0 Å². The van der Waals surface area contributed by atoms with E-state index >= 15 is 0 Å². The minimum atomic E-state index is 0.658. The maximum Gasteiger partial charge on any atom is 0.182 e. The van der Waals surface area contributed by atoms with E-state index in [0.717, 1.165) is 45.0 Å². The first-order chi connectivity index (χ1) is 13.1. The highest BCUT2D eigenvalue weighted by atomic mass is 15.3. The Morgan fingerprint density at radius 3 is 2.48 bits per heavy atom. The topological polar surface area (TPSA) is 73.8 Å². The van der Waals surface area contributed by atoms with Crippen LogP contribution in [0.4, 0.5) is 0 Å². The Balaban J connectivity index is 1.82. The molecule has 0 bridgehead atoms. The number of aromatic nitrogens is 7. The minimum absolute atomic E-state index is 0.658. The van der Waals surface area contributed by atoms with Crippen LogP contribution in [-0.2, 0) is 0 Å². The summed E-state index contributed by atoms with van der Waals surface area (Å²) in [6.07, 6.45) is 5.19. The molecule has 0 atom stereocenters. The average Bonchev–Trinajstić information content (AvgIpc) is 3.22. The largest absolute Gasteiger partial charge is 0.282 e. The molecular weight excluding hydrogens is 338 g/mol. The Morgan fingerprint density at radius 2 is 1.70 bits per heavy atom. The van der Waals surface area contributed by atoms with Gasteiger partial charge in [0.25, 0.3) is 0 Å². The van der Waals surface area contributed by atoms with Crippen molar-refractivity contribution in [2.75, 3.05) is 0 Å². The second kappa shape index (κ2) is 5.70. The lowest BCUT2D eigenvalue weighted by atomic mass is 10.2. The molecule has 0 amide bonds. The zero-order chi connectivity index (χ0) is 18.5. The highest BCUT2D eigenvalue weighted by molar-refractivity contribution is 5.95. The molecule has 0 fully saturated rings. The molecule has 0 unspecified atom stereocenters. The predicted octanol–water partition coefficient (Wildman–Crippen LogP) is 3.45. The lowest BCUT2D eigenvalue weighted by Gasteiger charge is -2.07. The fourth-order valence-electron chi connectivity index (χ4n) is 3.42. The van der Waals surface area contributed by atoms with Crippen molar-refractivity contribution in [2.45, 2.75) is 20.8 Å². The summed E-state index contributed by atoms with van der Waals surface area (Å²) in [5.74, 6) is 1.52. The molecule has 27 heavy (non-hydrogen) atoms. The van der Waals surface area contributed by atoms with Crippen molar-refractivity contribution >= 4 is 16.7 Å². The van der Waals surface area contributed by atoms with Crippen LogP contribution in [0.5, 0.6) is 0 Å². The number of fused-ring (bicyclic) bond motifs is 3. The minimum Gasteiger partial charge on any atom is -0.282 e. The molecule has 5 aromatic rings. The Kier molecular flexibility index (Phi) is 3.30. The second-order valence-electron chi connectivity index (χ2n) is 6.57. The third-order valence-electron chi connectivity index (χ3n) is 4.87. The van der Waals surface area contributed by atoms with Gasteiger partial charge in [-0.1, -0.05) is 6.07 Å². The molecule has 0 aromatic carbocycles. The lowest BCUT2D eigenvalue weighted by Crippen LogP contribution is -2.02. The Labute approximate surface area is 155 Å². The number of pyridine rings is 2. The summed E-state index contributed by atoms with van der Waals surface area (Å²) >= 11 is 0. The molecule has 7 heteroatoms. The van der Waals surface area contributed by atoms with E-state index in [9.17, 15) is 0 Å². The van der Waals surface area contributed by atoms with Crippen LogP contribution < -0.4 is 0 Å². The van der Waals surface area contributed by atoms with Crippen LogP contribution >= 0.6 is 0 Å². The van der Waals surface area contributed by atoms with E-state index in [4.69, 9.17) is 4.98 Å². The van der Waals surface area contributed by atoms with Gasteiger partial charge in [0.1, 0.15) is 12.1 Å². The quantitative estimate of drug-likeness (QED) is 0.485. The van der Waals surface area contributed by atoms with Gasteiger partial charge in [-0.3, -0.25) is 9.55 Å². The standard InChI is InChI=1S/C20H17N7/c1-12-5-4-6-16(23-12)27-14(3)13(2)17-19(27)22-11-26-20(17)24-18(25-26)15-7-9-21-10-8-15/h4-11H,1-3H3. The van der Waals surface area contributed by atoms with Crippen LogP contribution in [-0.4, -0.2) is 34.1 Å². The normalized spacial score (nSPS) is 11.5. The molecule has 0 N–H and O–H groups in total. The van der Waals surface area contributed by atoms with Crippen molar-refractivity contribution in [3.63, 3.8) is 0 Å². The zero-order valence-electron chi connectivity index (χ0n) is 15.2. The molecular formula is C20H17N7. The van der Waals surface area contributed by atoms with E-state index in [1.165, 1.54) is 0 Å². The van der Waals surface area contributed by atoms with E-state index in [0.29, 0.717) is 5.82 Å². The maximum absolute atomic E-state index is 4.79. The maximum atomic E-state index is 4.79. The highest BCUT2D eigenvalue weighted by Gasteiger charge is 2.19.